The van der Waals surface area contributed by atoms with Crippen molar-refractivity contribution in [1.82, 2.24) is 10.2 Å². The van der Waals surface area contributed by atoms with Gasteiger partial charge in [-0.1, -0.05) is 95.0 Å². The molecule has 0 aliphatic rings. The molecule has 0 heterocycles. The molecule has 0 saturated carbocycles. The zero-order chi connectivity index (χ0) is 32.7. The predicted molar refractivity (Wildman–Crippen MR) is 181 cm³/mol. The van der Waals surface area contributed by atoms with Gasteiger partial charge >= 0.3 is 0 Å². The maximum atomic E-state index is 14.6. The smallest absolute Gasteiger partial charge is 0.264 e. The van der Waals surface area contributed by atoms with Crippen LogP contribution in [0, 0.1) is 20.8 Å². The average Bonchev–Trinajstić information content (AvgIpc) is 3.00. The van der Waals surface area contributed by atoms with Gasteiger partial charge < -0.3 is 10.2 Å². The van der Waals surface area contributed by atoms with Gasteiger partial charge in [0, 0.05) is 35.1 Å². The fraction of sp³-hybridized carbons (Fsp3) is 0.257. The van der Waals surface area contributed by atoms with E-state index in [2.05, 4.69) is 5.32 Å². The molecule has 236 valence electrons. The van der Waals surface area contributed by atoms with Crippen molar-refractivity contribution in [1.29, 1.82) is 0 Å². The molecule has 0 unspecified atom stereocenters. The van der Waals surface area contributed by atoms with Gasteiger partial charge in [0.15, 0.2) is 0 Å². The Morgan fingerprint density at radius 1 is 0.822 bits per heavy atom. The Labute approximate surface area is 275 Å². The van der Waals surface area contributed by atoms with Crippen LogP contribution in [0.1, 0.15) is 34.7 Å². The number of anilines is 1. The number of carbonyl (C=O) groups is 2. The molecule has 1 atom stereocenters. The fourth-order valence-electron chi connectivity index (χ4n) is 5.14. The van der Waals surface area contributed by atoms with Gasteiger partial charge in [0.25, 0.3) is 10.0 Å². The monoisotopic (exact) mass is 665 g/mol. The molecule has 0 aliphatic heterocycles. The van der Waals surface area contributed by atoms with Crippen molar-refractivity contribution in [2.24, 2.45) is 0 Å². The molecule has 0 saturated heterocycles. The van der Waals surface area contributed by atoms with Gasteiger partial charge in [-0.05, 0) is 69.2 Å². The van der Waals surface area contributed by atoms with Crippen molar-refractivity contribution < 1.29 is 18.0 Å². The number of benzene rings is 4. The average molecular weight is 667 g/mol. The van der Waals surface area contributed by atoms with Crippen molar-refractivity contribution in [3.8, 4) is 0 Å². The summed E-state index contributed by atoms with van der Waals surface area (Å²) in [5, 5.41) is 3.50. The van der Waals surface area contributed by atoms with Crippen LogP contribution in [0.3, 0.4) is 0 Å². The minimum absolute atomic E-state index is 0.0473. The zero-order valence-electron chi connectivity index (χ0n) is 25.8. The second-order valence-corrected chi connectivity index (χ2v) is 13.6. The van der Waals surface area contributed by atoms with Crippen LogP contribution in [0.25, 0.3) is 0 Å². The molecule has 2 amide bonds. The second-order valence-electron chi connectivity index (χ2n) is 10.9. The van der Waals surface area contributed by atoms with Crippen molar-refractivity contribution in [2.45, 2.75) is 51.6 Å². The number of nitrogens with one attached hydrogen (secondary N) is 1. The number of carbonyl (C=O) groups excluding carboxylic acids is 2. The summed E-state index contributed by atoms with van der Waals surface area (Å²) in [5.41, 5.74) is 4.18. The van der Waals surface area contributed by atoms with E-state index in [0.29, 0.717) is 33.4 Å². The van der Waals surface area contributed by atoms with Crippen LogP contribution in [0.2, 0.25) is 10.0 Å². The number of likely N-dealkylation sites (N-methyl/N-ethyl adjacent to an activating group) is 1. The van der Waals surface area contributed by atoms with Crippen molar-refractivity contribution >= 4 is 50.7 Å². The number of sulfonamides is 1. The normalized spacial score (nSPS) is 12.0. The third kappa shape index (κ3) is 8.25. The van der Waals surface area contributed by atoms with Gasteiger partial charge in [-0.3, -0.25) is 13.9 Å². The lowest BCUT2D eigenvalue weighted by Gasteiger charge is -2.34. The van der Waals surface area contributed by atoms with Gasteiger partial charge in [-0.25, -0.2) is 8.42 Å². The largest absolute Gasteiger partial charge is 0.355 e. The van der Waals surface area contributed by atoms with Crippen LogP contribution in [0.5, 0.6) is 0 Å². The SMILES string of the molecule is CCNC(=O)[C@@H](Cc1ccccc1)N(Cc1c(Cl)cccc1Cl)C(=O)CN(c1ccc(C)cc1C)S(=O)(=O)c1ccc(C)cc1. The molecular formula is C35H37Cl2N3O4S. The molecule has 45 heavy (non-hydrogen) atoms. The zero-order valence-corrected chi connectivity index (χ0v) is 28.1. The topological polar surface area (TPSA) is 86.8 Å². The van der Waals surface area contributed by atoms with E-state index in [1.54, 1.807) is 56.3 Å². The molecule has 0 radical (unpaired) electrons. The van der Waals surface area contributed by atoms with Crippen LogP contribution in [0.15, 0.2) is 95.9 Å². The number of hydrogen-bond acceptors (Lipinski definition) is 4. The fourth-order valence-corrected chi connectivity index (χ4v) is 7.13. The highest BCUT2D eigenvalue weighted by atomic mass is 35.5. The molecule has 1 N–H and O–H groups in total. The first-order chi connectivity index (χ1) is 21.4. The molecule has 7 nitrogen and oxygen atoms in total. The standard InChI is InChI=1S/C35H37Cl2N3O4S/c1-5-38-35(42)33(21-27-10-7-6-8-11-27)39(22-29-30(36)12-9-13-31(29)37)34(41)23-40(32-19-16-25(3)20-26(32)4)45(43,44)28-17-14-24(2)15-18-28/h6-20,33H,5,21-23H2,1-4H3,(H,38,42)/t33-/m1/s1. The molecular weight excluding hydrogens is 629 g/mol. The number of hydrogen-bond donors (Lipinski definition) is 1. The van der Waals surface area contributed by atoms with Crippen LogP contribution in [0.4, 0.5) is 5.69 Å². The molecule has 10 heteroatoms. The lowest BCUT2D eigenvalue weighted by molar-refractivity contribution is -0.140. The molecule has 4 aromatic carbocycles. The van der Waals surface area contributed by atoms with E-state index in [4.69, 9.17) is 23.2 Å². The van der Waals surface area contributed by atoms with Gasteiger partial charge in [0.05, 0.1) is 10.6 Å². The highest BCUT2D eigenvalue weighted by molar-refractivity contribution is 7.92. The van der Waals surface area contributed by atoms with Gasteiger partial charge in [-0.2, -0.15) is 0 Å². The van der Waals surface area contributed by atoms with Gasteiger partial charge in [-0.15, -0.1) is 0 Å². The molecule has 4 aromatic rings. The molecule has 0 aliphatic carbocycles. The van der Waals surface area contributed by atoms with Crippen LogP contribution < -0.4 is 9.62 Å². The summed E-state index contributed by atoms with van der Waals surface area (Å²) < 4.78 is 29.6. The Morgan fingerprint density at radius 3 is 2.04 bits per heavy atom. The van der Waals surface area contributed by atoms with E-state index in [9.17, 15) is 18.0 Å². The number of amides is 2. The third-order valence-electron chi connectivity index (χ3n) is 7.52. The Kier molecular flexibility index (Phi) is 11.3. The van der Waals surface area contributed by atoms with E-state index in [0.717, 1.165) is 21.0 Å². The van der Waals surface area contributed by atoms with Crippen LogP contribution in [-0.4, -0.2) is 44.3 Å². The molecule has 4 rings (SSSR count). The predicted octanol–water partition coefficient (Wildman–Crippen LogP) is 6.89. The third-order valence-corrected chi connectivity index (χ3v) is 10.0. The van der Waals surface area contributed by atoms with Crippen molar-refractivity contribution in [3.05, 3.63) is 129 Å². The molecule has 0 spiro atoms. The summed E-state index contributed by atoms with van der Waals surface area (Å²) >= 11 is 13.1. The summed E-state index contributed by atoms with van der Waals surface area (Å²) in [5.74, 6) is -0.967. The summed E-state index contributed by atoms with van der Waals surface area (Å²) in [6.45, 7) is 7.05. The molecule has 0 fully saturated rings. The maximum absolute atomic E-state index is 14.6. The summed E-state index contributed by atoms with van der Waals surface area (Å²) in [4.78, 5) is 29.6. The van der Waals surface area contributed by atoms with E-state index >= 15 is 0 Å². The maximum Gasteiger partial charge on any atom is 0.264 e. The highest BCUT2D eigenvalue weighted by Gasteiger charge is 2.35. The van der Waals surface area contributed by atoms with Crippen LogP contribution in [-0.2, 0) is 32.6 Å². The lowest BCUT2D eigenvalue weighted by atomic mass is 10.0. The number of halogens is 2. The summed E-state index contributed by atoms with van der Waals surface area (Å²) in [7, 11) is -4.21. The molecule has 0 aromatic heterocycles. The Balaban J connectivity index is 1.85. The first-order valence-corrected chi connectivity index (χ1v) is 16.8. The first kappa shape index (κ1) is 34.0. The van der Waals surface area contributed by atoms with Crippen molar-refractivity contribution in [2.75, 3.05) is 17.4 Å². The minimum Gasteiger partial charge on any atom is -0.355 e. The van der Waals surface area contributed by atoms with Crippen molar-refractivity contribution in [3.63, 3.8) is 0 Å². The molecule has 0 bridgehead atoms. The lowest BCUT2D eigenvalue weighted by Crippen LogP contribution is -2.53. The van der Waals surface area contributed by atoms with E-state index in [1.807, 2.05) is 50.2 Å². The van der Waals surface area contributed by atoms with Gasteiger partial charge in [0.2, 0.25) is 11.8 Å². The first-order valence-electron chi connectivity index (χ1n) is 14.6. The highest BCUT2D eigenvalue weighted by Crippen LogP contribution is 2.30. The Hall–Kier alpha value is -3.85. The van der Waals surface area contributed by atoms with Crippen LogP contribution >= 0.6 is 23.2 Å². The quantitative estimate of drug-likeness (QED) is 0.179. The Morgan fingerprint density at radius 2 is 1.44 bits per heavy atom. The number of nitrogens with zero attached hydrogens (tertiary/aromatic N) is 2. The van der Waals surface area contributed by atoms with E-state index in [-0.39, 0.29) is 23.8 Å². The van der Waals surface area contributed by atoms with Gasteiger partial charge in [0.1, 0.15) is 12.6 Å². The summed E-state index contributed by atoms with van der Waals surface area (Å²) in [6.07, 6.45) is 0.189. The van der Waals surface area contributed by atoms with E-state index in [1.165, 1.54) is 17.0 Å². The Bertz CT molecular complexity index is 1740. The number of rotatable bonds is 12. The van der Waals surface area contributed by atoms with E-state index < -0.39 is 28.5 Å². The second kappa shape index (κ2) is 15.0. The minimum atomic E-state index is -4.21. The number of aryl methyl sites for hydroxylation is 3. The summed E-state index contributed by atoms with van der Waals surface area (Å²) in [6, 6.07) is 25.2.